The van der Waals surface area contributed by atoms with E-state index in [0.29, 0.717) is 28.6 Å². The molecule has 0 saturated heterocycles. The van der Waals surface area contributed by atoms with Gasteiger partial charge in [-0.15, -0.1) is 0 Å². The standard InChI is InChI=1S/C18H16N2O4S/c1-3-17(21)12-4-6-13(7-5-12)24-18-15-10-14(25(2,22)23)8-9-16(15)19-11-20-18/h4-11H,3H2,1-2H3. The molecule has 0 aliphatic rings. The Morgan fingerprint density at radius 2 is 1.80 bits per heavy atom. The van der Waals surface area contributed by atoms with E-state index in [-0.39, 0.29) is 16.6 Å². The zero-order chi connectivity index (χ0) is 18.0. The SMILES string of the molecule is CCC(=O)c1ccc(Oc2ncnc3ccc(S(C)(=O)=O)cc23)cc1. The number of nitrogens with zero attached hydrogens (tertiary/aromatic N) is 2. The number of hydrogen-bond acceptors (Lipinski definition) is 6. The molecule has 0 aliphatic heterocycles. The van der Waals surface area contributed by atoms with E-state index in [1.54, 1.807) is 37.3 Å². The van der Waals surface area contributed by atoms with Gasteiger partial charge in [0.15, 0.2) is 15.6 Å². The van der Waals surface area contributed by atoms with Crippen LogP contribution in [0.2, 0.25) is 0 Å². The van der Waals surface area contributed by atoms with Crippen molar-refractivity contribution in [3.8, 4) is 11.6 Å². The highest BCUT2D eigenvalue weighted by Gasteiger charge is 2.12. The van der Waals surface area contributed by atoms with E-state index in [9.17, 15) is 13.2 Å². The van der Waals surface area contributed by atoms with Crippen LogP contribution < -0.4 is 4.74 Å². The van der Waals surface area contributed by atoms with Gasteiger partial charge in [-0.1, -0.05) is 6.92 Å². The van der Waals surface area contributed by atoms with Crippen LogP contribution in [0.25, 0.3) is 10.9 Å². The van der Waals surface area contributed by atoms with Gasteiger partial charge in [-0.2, -0.15) is 0 Å². The van der Waals surface area contributed by atoms with Crippen molar-refractivity contribution in [2.75, 3.05) is 6.26 Å². The summed E-state index contributed by atoms with van der Waals surface area (Å²) in [5, 5.41) is 0.499. The maximum absolute atomic E-state index is 11.8. The van der Waals surface area contributed by atoms with Crippen LogP contribution in [0.1, 0.15) is 23.7 Å². The van der Waals surface area contributed by atoms with Crippen molar-refractivity contribution in [3.63, 3.8) is 0 Å². The average Bonchev–Trinajstić information content (AvgIpc) is 2.61. The Hall–Kier alpha value is -2.80. The first kappa shape index (κ1) is 17.0. The van der Waals surface area contributed by atoms with Gasteiger partial charge in [-0.25, -0.2) is 18.4 Å². The molecule has 25 heavy (non-hydrogen) atoms. The second kappa shape index (κ2) is 6.60. The monoisotopic (exact) mass is 356 g/mol. The van der Waals surface area contributed by atoms with Crippen molar-refractivity contribution in [3.05, 3.63) is 54.4 Å². The third-order valence-electron chi connectivity index (χ3n) is 3.71. The maximum atomic E-state index is 11.8. The normalized spacial score (nSPS) is 11.4. The lowest BCUT2D eigenvalue weighted by atomic mass is 10.1. The fraction of sp³-hybridized carbons (Fsp3) is 0.167. The Labute approximate surface area is 145 Å². The molecule has 0 fully saturated rings. The van der Waals surface area contributed by atoms with Crippen LogP contribution >= 0.6 is 0 Å². The molecule has 3 rings (SSSR count). The molecule has 0 unspecified atom stereocenters. The van der Waals surface area contributed by atoms with Crippen LogP contribution in [-0.4, -0.2) is 30.4 Å². The summed E-state index contributed by atoms with van der Waals surface area (Å²) < 4.78 is 29.3. The summed E-state index contributed by atoms with van der Waals surface area (Å²) in [5.74, 6) is 0.805. The number of benzene rings is 2. The van der Waals surface area contributed by atoms with Crippen LogP contribution in [0.3, 0.4) is 0 Å². The molecule has 0 amide bonds. The molecule has 0 spiro atoms. The molecule has 0 N–H and O–H groups in total. The number of hydrogen-bond donors (Lipinski definition) is 0. The van der Waals surface area contributed by atoms with Gasteiger partial charge in [-0.3, -0.25) is 4.79 Å². The van der Waals surface area contributed by atoms with Gasteiger partial charge in [0, 0.05) is 18.2 Å². The van der Waals surface area contributed by atoms with Gasteiger partial charge < -0.3 is 4.74 Å². The lowest BCUT2D eigenvalue weighted by Gasteiger charge is -2.09. The van der Waals surface area contributed by atoms with Crippen molar-refractivity contribution >= 4 is 26.5 Å². The average molecular weight is 356 g/mol. The van der Waals surface area contributed by atoms with Gasteiger partial charge >= 0.3 is 0 Å². The molecular weight excluding hydrogens is 340 g/mol. The Kier molecular flexibility index (Phi) is 4.50. The fourth-order valence-electron chi connectivity index (χ4n) is 2.35. The molecule has 0 radical (unpaired) electrons. The fourth-order valence-corrected chi connectivity index (χ4v) is 3.00. The van der Waals surface area contributed by atoms with E-state index in [4.69, 9.17) is 4.74 Å². The van der Waals surface area contributed by atoms with Gasteiger partial charge in [0.05, 0.1) is 15.8 Å². The number of ether oxygens (including phenoxy) is 1. The van der Waals surface area contributed by atoms with Gasteiger partial charge in [0.2, 0.25) is 5.88 Å². The van der Waals surface area contributed by atoms with Gasteiger partial charge in [-0.05, 0) is 42.5 Å². The Morgan fingerprint density at radius 1 is 1.08 bits per heavy atom. The molecule has 1 aromatic heterocycles. The van der Waals surface area contributed by atoms with Crippen LogP contribution in [0.4, 0.5) is 0 Å². The number of aromatic nitrogens is 2. The summed E-state index contributed by atoms with van der Waals surface area (Å²) in [7, 11) is -3.35. The predicted molar refractivity (Wildman–Crippen MR) is 93.8 cm³/mol. The molecule has 2 aromatic carbocycles. The van der Waals surface area contributed by atoms with Crippen LogP contribution in [-0.2, 0) is 9.84 Å². The highest BCUT2D eigenvalue weighted by Crippen LogP contribution is 2.28. The summed E-state index contributed by atoms with van der Waals surface area (Å²) in [6.45, 7) is 1.80. The molecule has 0 bridgehead atoms. The minimum atomic E-state index is -3.35. The topological polar surface area (TPSA) is 86.2 Å². The van der Waals surface area contributed by atoms with Gasteiger partial charge in [0.1, 0.15) is 12.1 Å². The summed E-state index contributed by atoms with van der Waals surface area (Å²) in [6, 6.07) is 11.3. The summed E-state index contributed by atoms with van der Waals surface area (Å²) in [5.41, 5.74) is 1.19. The molecule has 6 nitrogen and oxygen atoms in total. The number of ketones is 1. The second-order valence-electron chi connectivity index (χ2n) is 5.53. The van der Waals surface area contributed by atoms with E-state index in [1.807, 2.05) is 0 Å². The largest absolute Gasteiger partial charge is 0.438 e. The van der Waals surface area contributed by atoms with Crippen molar-refractivity contribution in [2.45, 2.75) is 18.2 Å². The zero-order valence-electron chi connectivity index (χ0n) is 13.8. The minimum absolute atomic E-state index is 0.0526. The molecule has 0 aliphatic carbocycles. The minimum Gasteiger partial charge on any atom is -0.438 e. The number of sulfone groups is 1. The summed E-state index contributed by atoms with van der Waals surface area (Å²) in [6.07, 6.45) is 2.93. The maximum Gasteiger partial charge on any atom is 0.230 e. The number of fused-ring (bicyclic) bond motifs is 1. The zero-order valence-corrected chi connectivity index (χ0v) is 14.6. The van der Waals surface area contributed by atoms with Crippen molar-refractivity contribution in [1.29, 1.82) is 0 Å². The smallest absolute Gasteiger partial charge is 0.230 e. The van der Waals surface area contributed by atoms with Crippen LogP contribution in [0.5, 0.6) is 11.6 Å². The third kappa shape index (κ3) is 3.66. The molecule has 0 atom stereocenters. The van der Waals surface area contributed by atoms with Crippen molar-refractivity contribution < 1.29 is 17.9 Å². The number of carbonyl (C=O) groups is 1. The van der Waals surface area contributed by atoms with Gasteiger partial charge in [0.25, 0.3) is 0 Å². The molecule has 0 saturated carbocycles. The number of carbonyl (C=O) groups excluding carboxylic acids is 1. The first-order valence-corrected chi connectivity index (χ1v) is 9.53. The highest BCUT2D eigenvalue weighted by molar-refractivity contribution is 7.90. The van der Waals surface area contributed by atoms with Crippen molar-refractivity contribution in [2.24, 2.45) is 0 Å². The Balaban J connectivity index is 1.99. The van der Waals surface area contributed by atoms with E-state index in [2.05, 4.69) is 9.97 Å². The van der Waals surface area contributed by atoms with E-state index >= 15 is 0 Å². The molecule has 3 aromatic rings. The van der Waals surface area contributed by atoms with Crippen molar-refractivity contribution in [1.82, 2.24) is 9.97 Å². The van der Waals surface area contributed by atoms with E-state index < -0.39 is 9.84 Å². The lowest BCUT2D eigenvalue weighted by molar-refractivity contribution is 0.0988. The first-order chi connectivity index (χ1) is 11.9. The van der Waals surface area contributed by atoms with E-state index in [1.165, 1.54) is 18.5 Å². The van der Waals surface area contributed by atoms with Crippen LogP contribution in [0.15, 0.2) is 53.7 Å². The Morgan fingerprint density at radius 3 is 2.44 bits per heavy atom. The first-order valence-electron chi connectivity index (χ1n) is 7.64. The highest BCUT2D eigenvalue weighted by atomic mass is 32.2. The molecule has 128 valence electrons. The molecule has 1 heterocycles. The third-order valence-corrected chi connectivity index (χ3v) is 4.82. The number of rotatable bonds is 5. The quantitative estimate of drug-likeness (QED) is 0.651. The van der Waals surface area contributed by atoms with E-state index in [0.717, 1.165) is 6.26 Å². The molecule has 7 heteroatoms. The second-order valence-corrected chi connectivity index (χ2v) is 7.55. The summed E-state index contributed by atoms with van der Waals surface area (Å²) >= 11 is 0. The lowest BCUT2D eigenvalue weighted by Crippen LogP contribution is -1.99. The molecular formula is C18H16N2O4S. The summed E-state index contributed by atoms with van der Waals surface area (Å²) in [4.78, 5) is 20.1. The number of Topliss-reactive ketones (excluding diaryl/α,β-unsaturated/α-hetero) is 1. The van der Waals surface area contributed by atoms with Crippen LogP contribution in [0, 0.1) is 0 Å². The predicted octanol–water partition coefficient (Wildman–Crippen LogP) is 3.42. The Bertz CT molecular complexity index is 1040.